The highest BCUT2D eigenvalue weighted by Gasteiger charge is 2.28. The highest BCUT2D eigenvalue weighted by atomic mass is 19.1. The van der Waals surface area contributed by atoms with Crippen LogP contribution >= 0.6 is 0 Å². The van der Waals surface area contributed by atoms with Crippen molar-refractivity contribution in [3.63, 3.8) is 0 Å². The molecule has 1 aromatic rings. The number of rotatable bonds is 6. The lowest BCUT2D eigenvalue weighted by Gasteiger charge is -2.21. The van der Waals surface area contributed by atoms with E-state index in [9.17, 15) is 13.6 Å². The average molecular weight is 273 g/mol. The second-order valence-electron chi connectivity index (χ2n) is 4.47. The van der Waals surface area contributed by atoms with Gasteiger partial charge in [0.25, 0.3) is 0 Å². The molecule has 0 radical (unpaired) electrons. The van der Waals surface area contributed by atoms with E-state index >= 15 is 0 Å². The van der Waals surface area contributed by atoms with Crippen LogP contribution < -0.4 is 10.5 Å². The quantitative estimate of drug-likeness (QED) is 0.636. The Hall–Kier alpha value is -1.69. The van der Waals surface area contributed by atoms with Crippen molar-refractivity contribution in [2.45, 2.75) is 25.3 Å². The van der Waals surface area contributed by atoms with Gasteiger partial charge in [-0.15, -0.1) is 0 Å². The fraction of sp³-hybridized carbons (Fsp3) is 0.462. The zero-order valence-corrected chi connectivity index (χ0v) is 10.9. The Kier molecular flexibility index (Phi) is 5.23. The third-order valence-electron chi connectivity index (χ3n) is 2.60. The van der Waals surface area contributed by atoms with Gasteiger partial charge in [0, 0.05) is 18.2 Å². The van der Waals surface area contributed by atoms with Crippen LogP contribution in [0.15, 0.2) is 18.2 Å². The second-order valence-corrected chi connectivity index (χ2v) is 4.47. The van der Waals surface area contributed by atoms with Crippen LogP contribution in [0.3, 0.4) is 0 Å². The molecule has 1 atom stereocenters. The molecule has 0 bridgehead atoms. The van der Waals surface area contributed by atoms with Crippen molar-refractivity contribution in [3.8, 4) is 5.75 Å². The van der Waals surface area contributed by atoms with Gasteiger partial charge in [-0.3, -0.25) is 4.79 Å². The van der Waals surface area contributed by atoms with Crippen molar-refractivity contribution < 1.29 is 23.0 Å². The van der Waals surface area contributed by atoms with Gasteiger partial charge in [0.15, 0.2) is 0 Å². The van der Waals surface area contributed by atoms with Crippen LogP contribution in [0.2, 0.25) is 0 Å². The van der Waals surface area contributed by atoms with Gasteiger partial charge < -0.3 is 15.2 Å². The maximum absolute atomic E-state index is 12.9. The smallest absolute Gasteiger partial charge is 0.325 e. The Labute approximate surface area is 110 Å². The van der Waals surface area contributed by atoms with Crippen molar-refractivity contribution in [1.82, 2.24) is 0 Å². The van der Waals surface area contributed by atoms with E-state index < -0.39 is 23.1 Å². The number of carbonyl (C=O) groups is 1. The lowest BCUT2D eigenvalue weighted by Crippen LogP contribution is -2.45. The molecule has 0 aliphatic rings. The monoisotopic (exact) mass is 273 g/mol. The summed E-state index contributed by atoms with van der Waals surface area (Å²) in [6.07, 6.45) is 0.803. The van der Waals surface area contributed by atoms with Crippen molar-refractivity contribution in [3.05, 3.63) is 29.8 Å². The summed E-state index contributed by atoms with van der Waals surface area (Å²) in [5.41, 5.74) is 4.66. The number of hydrogen-bond donors (Lipinski definition) is 1. The Morgan fingerprint density at radius 2 is 1.89 bits per heavy atom. The van der Waals surface area contributed by atoms with E-state index in [-0.39, 0.29) is 12.4 Å². The normalized spacial score (nSPS) is 13.7. The molecule has 1 unspecified atom stereocenters. The highest BCUT2D eigenvalue weighted by molar-refractivity contribution is 5.79. The predicted molar refractivity (Wildman–Crippen MR) is 65.7 cm³/mol. The van der Waals surface area contributed by atoms with E-state index in [0.717, 1.165) is 18.2 Å². The van der Waals surface area contributed by atoms with Gasteiger partial charge in [0.2, 0.25) is 0 Å². The third-order valence-corrected chi connectivity index (χ3v) is 2.60. The van der Waals surface area contributed by atoms with Gasteiger partial charge in [-0.25, -0.2) is 8.78 Å². The van der Waals surface area contributed by atoms with E-state index in [2.05, 4.69) is 4.74 Å². The van der Waals surface area contributed by atoms with Gasteiger partial charge in [0.1, 0.15) is 22.9 Å². The molecule has 6 heteroatoms. The SMILES string of the molecule is COC(=O)C(C)(N)CCCOc1cc(F)cc(F)c1. The molecule has 0 saturated heterocycles. The maximum atomic E-state index is 12.9. The summed E-state index contributed by atoms with van der Waals surface area (Å²) in [6, 6.07) is 2.94. The topological polar surface area (TPSA) is 61.5 Å². The van der Waals surface area contributed by atoms with Crippen LogP contribution in [0.1, 0.15) is 19.8 Å². The van der Waals surface area contributed by atoms with Gasteiger partial charge in [-0.2, -0.15) is 0 Å². The zero-order valence-electron chi connectivity index (χ0n) is 10.9. The van der Waals surface area contributed by atoms with Crippen LogP contribution in [0, 0.1) is 11.6 Å². The van der Waals surface area contributed by atoms with Crippen LogP contribution in [-0.4, -0.2) is 25.2 Å². The zero-order chi connectivity index (χ0) is 14.5. The number of esters is 1. The summed E-state index contributed by atoms with van der Waals surface area (Å²) in [7, 11) is 1.26. The molecule has 0 amide bonds. The number of ether oxygens (including phenoxy) is 2. The summed E-state index contributed by atoms with van der Waals surface area (Å²) in [5.74, 6) is -1.81. The molecule has 2 N–H and O–H groups in total. The predicted octanol–water partition coefficient (Wildman–Crippen LogP) is 2.01. The first-order valence-corrected chi connectivity index (χ1v) is 5.81. The number of halogens is 2. The first kappa shape index (κ1) is 15.4. The van der Waals surface area contributed by atoms with Crippen molar-refractivity contribution in [2.75, 3.05) is 13.7 Å². The fourth-order valence-electron chi connectivity index (χ4n) is 1.58. The number of hydrogen-bond acceptors (Lipinski definition) is 4. The minimum atomic E-state index is -1.09. The van der Waals surface area contributed by atoms with Crippen LogP contribution in [-0.2, 0) is 9.53 Å². The Morgan fingerprint density at radius 3 is 2.42 bits per heavy atom. The first-order chi connectivity index (χ1) is 8.85. The van der Waals surface area contributed by atoms with E-state index in [1.165, 1.54) is 7.11 Å². The third kappa shape index (κ3) is 4.82. The molecule has 19 heavy (non-hydrogen) atoms. The average Bonchev–Trinajstić information content (AvgIpc) is 2.32. The van der Waals surface area contributed by atoms with E-state index in [4.69, 9.17) is 10.5 Å². The van der Waals surface area contributed by atoms with Crippen molar-refractivity contribution in [1.29, 1.82) is 0 Å². The molecule has 0 fully saturated rings. The van der Waals surface area contributed by atoms with E-state index in [1.807, 2.05) is 0 Å². The molecule has 4 nitrogen and oxygen atoms in total. The van der Waals surface area contributed by atoms with Crippen LogP contribution in [0.25, 0.3) is 0 Å². The maximum Gasteiger partial charge on any atom is 0.325 e. The Morgan fingerprint density at radius 1 is 1.32 bits per heavy atom. The van der Waals surface area contributed by atoms with Crippen LogP contribution in [0.4, 0.5) is 8.78 Å². The number of carbonyl (C=O) groups excluding carboxylic acids is 1. The molecule has 0 spiro atoms. The summed E-state index contributed by atoms with van der Waals surface area (Å²) in [5, 5.41) is 0. The van der Waals surface area contributed by atoms with Crippen LogP contribution in [0.5, 0.6) is 5.75 Å². The molecule has 0 heterocycles. The molecule has 1 aromatic carbocycles. The minimum Gasteiger partial charge on any atom is -0.493 e. The van der Waals surface area contributed by atoms with E-state index in [0.29, 0.717) is 12.8 Å². The van der Waals surface area contributed by atoms with Gasteiger partial charge in [-0.05, 0) is 19.8 Å². The van der Waals surface area contributed by atoms with Gasteiger partial charge in [0.05, 0.1) is 13.7 Å². The Bertz CT molecular complexity index is 429. The molecule has 0 saturated carbocycles. The number of nitrogens with two attached hydrogens (primary N) is 1. The van der Waals surface area contributed by atoms with E-state index in [1.54, 1.807) is 6.92 Å². The number of methoxy groups -OCH3 is 1. The first-order valence-electron chi connectivity index (χ1n) is 5.81. The van der Waals surface area contributed by atoms with Crippen molar-refractivity contribution >= 4 is 5.97 Å². The summed E-state index contributed by atoms with van der Waals surface area (Å²) >= 11 is 0. The molecule has 0 aliphatic heterocycles. The largest absolute Gasteiger partial charge is 0.493 e. The molecule has 0 aromatic heterocycles. The summed E-state index contributed by atoms with van der Waals surface area (Å²) in [4.78, 5) is 11.3. The molecular formula is C13H17F2NO3. The molecular weight excluding hydrogens is 256 g/mol. The lowest BCUT2D eigenvalue weighted by atomic mass is 9.98. The molecule has 0 aliphatic carbocycles. The summed E-state index contributed by atoms with van der Waals surface area (Å²) in [6.45, 7) is 1.76. The molecule has 1 rings (SSSR count). The fourth-order valence-corrected chi connectivity index (χ4v) is 1.58. The van der Waals surface area contributed by atoms with Gasteiger partial charge >= 0.3 is 5.97 Å². The van der Waals surface area contributed by atoms with Gasteiger partial charge in [-0.1, -0.05) is 0 Å². The number of benzene rings is 1. The molecule has 106 valence electrons. The van der Waals surface area contributed by atoms with Crippen molar-refractivity contribution in [2.24, 2.45) is 5.73 Å². The summed E-state index contributed by atoms with van der Waals surface area (Å²) < 4.78 is 35.5. The minimum absolute atomic E-state index is 0.106. The standard InChI is InChI=1S/C13H17F2NO3/c1-13(16,12(17)18-2)4-3-5-19-11-7-9(14)6-10(15)8-11/h6-8H,3-5,16H2,1-2H3. The highest BCUT2D eigenvalue weighted by Crippen LogP contribution is 2.17. The Balaban J connectivity index is 2.41. The lowest BCUT2D eigenvalue weighted by molar-refractivity contribution is -0.146. The second kappa shape index (κ2) is 6.47.